The van der Waals surface area contributed by atoms with E-state index in [1.165, 1.54) is 57.1 Å². The Morgan fingerprint density at radius 2 is 1.71 bits per heavy atom. The third-order valence-corrected chi connectivity index (χ3v) is 7.15. The summed E-state index contributed by atoms with van der Waals surface area (Å²) in [6, 6.07) is 2.14. The number of rotatable bonds is 7. The molecule has 4 bridgehead atoms. The molecule has 0 aromatic carbocycles. The molecular formula is C23H33N3O5. The van der Waals surface area contributed by atoms with Crippen molar-refractivity contribution >= 4 is 11.9 Å². The minimum atomic E-state index is -1.26. The Labute approximate surface area is 182 Å². The van der Waals surface area contributed by atoms with Crippen LogP contribution in [0.2, 0.25) is 0 Å². The highest BCUT2D eigenvalue weighted by atomic mass is 16.5. The van der Waals surface area contributed by atoms with Gasteiger partial charge in [-0.05, 0) is 75.5 Å². The maximum Gasteiger partial charge on any atom is 0.328 e. The molecule has 0 radical (unpaired) electrons. The van der Waals surface area contributed by atoms with Crippen molar-refractivity contribution in [2.75, 3.05) is 13.2 Å². The number of aromatic nitrogens is 2. The standard InChI is InChI=1S/C19H29N3O.C4H4O4/c1-2-5-22-17(3-1)10-18(21-22)23-6-4-20-19-11-14-7-15(12-19)9-16(8-14)13-19;5-3(6)1-2-4(7)8/h10,14-16,20H,1-9,11-13H2;1-2H,(H,5,6)(H,7,8). The molecule has 6 rings (SSSR count). The van der Waals surface area contributed by atoms with Crippen LogP contribution in [0.25, 0.3) is 0 Å². The van der Waals surface area contributed by atoms with Gasteiger partial charge in [-0.2, -0.15) is 0 Å². The quantitative estimate of drug-likeness (QED) is 0.449. The summed E-state index contributed by atoms with van der Waals surface area (Å²) in [5.41, 5.74) is 1.80. The van der Waals surface area contributed by atoms with E-state index in [1.54, 1.807) is 0 Å². The summed E-state index contributed by atoms with van der Waals surface area (Å²) in [7, 11) is 0. The van der Waals surface area contributed by atoms with E-state index in [2.05, 4.69) is 21.2 Å². The molecule has 1 aromatic rings. The highest BCUT2D eigenvalue weighted by Crippen LogP contribution is 2.55. The normalized spacial score (nSPS) is 30.5. The average Bonchev–Trinajstić information content (AvgIpc) is 3.12. The van der Waals surface area contributed by atoms with Gasteiger partial charge in [0, 0.05) is 42.5 Å². The molecule has 5 aliphatic rings. The predicted octanol–water partition coefficient (Wildman–Crippen LogP) is 2.87. The molecule has 31 heavy (non-hydrogen) atoms. The summed E-state index contributed by atoms with van der Waals surface area (Å²) in [6.45, 7) is 2.77. The van der Waals surface area contributed by atoms with Gasteiger partial charge in [-0.15, -0.1) is 5.10 Å². The minimum Gasteiger partial charge on any atom is -0.478 e. The lowest BCUT2D eigenvalue weighted by atomic mass is 9.53. The fraction of sp³-hybridized carbons (Fsp3) is 0.696. The van der Waals surface area contributed by atoms with E-state index in [9.17, 15) is 9.59 Å². The second kappa shape index (κ2) is 9.42. The molecule has 4 fully saturated rings. The Bertz CT molecular complexity index is 756. The van der Waals surface area contributed by atoms with Gasteiger partial charge in [0.2, 0.25) is 5.88 Å². The van der Waals surface area contributed by atoms with Crippen molar-refractivity contribution in [3.63, 3.8) is 0 Å². The van der Waals surface area contributed by atoms with Gasteiger partial charge in [0.1, 0.15) is 6.61 Å². The maximum absolute atomic E-state index is 9.55. The lowest BCUT2D eigenvalue weighted by Crippen LogP contribution is -2.59. The Morgan fingerprint density at radius 1 is 1.10 bits per heavy atom. The number of hydrogen-bond donors (Lipinski definition) is 3. The Balaban J connectivity index is 0.000000250. The molecule has 1 aliphatic heterocycles. The zero-order valence-electron chi connectivity index (χ0n) is 18.0. The van der Waals surface area contributed by atoms with E-state index >= 15 is 0 Å². The van der Waals surface area contributed by atoms with Gasteiger partial charge in [0.25, 0.3) is 0 Å². The summed E-state index contributed by atoms with van der Waals surface area (Å²) >= 11 is 0. The van der Waals surface area contributed by atoms with Gasteiger partial charge in [-0.25, -0.2) is 9.59 Å². The topological polar surface area (TPSA) is 114 Å². The second-order valence-corrected chi connectivity index (χ2v) is 9.64. The molecule has 0 amide bonds. The SMILES string of the molecule is O=C(O)C=CC(=O)O.c1c(OCCNC23CC4CC(CC(C4)C2)C3)nn2c1CCCC2. The molecule has 4 saturated carbocycles. The zero-order chi connectivity index (χ0) is 21.8. The second-order valence-electron chi connectivity index (χ2n) is 9.64. The van der Waals surface area contributed by atoms with E-state index in [-0.39, 0.29) is 0 Å². The van der Waals surface area contributed by atoms with E-state index in [0.29, 0.717) is 17.7 Å². The maximum atomic E-state index is 9.55. The summed E-state index contributed by atoms with van der Waals surface area (Å²) < 4.78 is 8.06. The first-order valence-electron chi connectivity index (χ1n) is 11.5. The van der Waals surface area contributed by atoms with E-state index < -0.39 is 11.9 Å². The molecule has 3 N–H and O–H groups in total. The largest absolute Gasteiger partial charge is 0.478 e. The number of nitrogens with zero attached hydrogens (tertiary/aromatic N) is 2. The van der Waals surface area contributed by atoms with E-state index in [0.717, 1.165) is 49.8 Å². The number of fused-ring (bicyclic) bond motifs is 1. The van der Waals surface area contributed by atoms with Crippen LogP contribution in [0.4, 0.5) is 0 Å². The minimum absolute atomic E-state index is 0.450. The number of aryl methyl sites for hydroxylation is 2. The third-order valence-electron chi connectivity index (χ3n) is 7.15. The summed E-state index contributed by atoms with van der Waals surface area (Å²) in [5, 5.41) is 24.1. The van der Waals surface area contributed by atoms with Gasteiger partial charge in [-0.3, -0.25) is 4.68 Å². The van der Waals surface area contributed by atoms with Gasteiger partial charge in [0.15, 0.2) is 0 Å². The molecule has 0 atom stereocenters. The van der Waals surface area contributed by atoms with Crippen molar-refractivity contribution < 1.29 is 24.5 Å². The van der Waals surface area contributed by atoms with Gasteiger partial charge in [-0.1, -0.05) is 0 Å². The van der Waals surface area contributed by atoms with Gasteiger partial charge >= 0.3 is 11.9 Å². The fourth-order valence-electron chi connectivity index (χ4n) is 6.40. The number of hydrogen-bond acceptors (Lipinski definition) is 5. The molecular weight excluding hydrogens is 398 g/mol. The highest BCUT2D eigenvalue weighted by molar-refractivity contribution is 5.89. The van der Waals surface area contributed by atoms with Crippen LogP contribution in [-0.2, 0) is 22.6 Å². The smallest absolute Gasteiger partial charge is 0.328 e. The fourth-order valence-corrected chi connectivity index (χ4v) is 6.40. The average molecular weight is 432 g/mol. The van der Waals surface area contributed by atoms with E-state index in [1.807, 2.05) is 0 Å². The van der Waals surface area contributed by atoms with Gasteiger partial charge < -0.3 is 20.3 Å². The summed E-state index contributed by atoms with van der Waals surface area (Å²) in [5.74, 6) is 1.34. The molecule has 0 unspecified atom stereocenters. The number of carbonyl (C=O) groups is 2. The molecule has 4 aliphatic carbocycles. The number of carboxylic acids is 2. The van der Waals surface area contributed by atoms with Crippen LogP contribution >= 0.6 is 0 Å². The lowest BCUT2D eigenvalue weighted by Gasteiger charge is -2.57. The molecule has 0 spiro atoms. The molecule has 2 heterocycles. The van der Waals surface area contributed by atoms with Crippen molar-refractivity contribution in [2.45, 2.75) is 69.9 Å². The number of nitrogens with one attached hydrogen (secondary N) is 1. The highest BCUT2D eigenvalue weighted by Gasteiger charge is 2.50. The summed E-state index contributed by atoms with van der Waals surface area (Å²) in [6.07, 6.45) is 13.6. The van der Waals surface area contributed by atoms with Crippen LogP contribution in [0.1, 0.15) is 57.1 Å². The molecule has 8 heteroatoms. The first-order chi connectivity index (χ1) is 14.9. The molecule has 8 nitrogen and oxygen atoms in total. The summed E-state index contributed by atoms with van der Waals surface area (Å²) in [4.78, 5) is 19.1. The van der Waals surface area contributed by atoms with Crippen molar-refractivity contribution in [1.82, 2.24) is 15.1 Å². The zero-order valence-corrected chi connectivity index (χ0v) is 18.0. The van der Waals surface area contributed by atoms with E-state index in [4.69, 9.17) is 14.9 Å². The number of carboxylic acid groups (broad SMARTS) is 2. The Hall–Kier alpha value is -2.35. The van der Waals surface area contributed by atoms with Gasteiger partial charge in [0.05, 0.1) is 0 Å². The van der Waals surface area contributed by atoms with Crippen molar-refractivity contribution in [2.24, 2.45) is 17.8 Å². The lowest BCUT2D eigenvalue weighted by molar-refractivity contribution is -0.134. The molecule has 170 valence electrons. The van der Waals surface area contributed by atoms with Crippen LogP contribution in [0.5, 0.6) is 5.88 Å². The Morgan fingerprint density at radius 3 is 2.26 bits per heavy atom. The Kier molecular flexibility index (Phi) is 6.65. The van der Waals surface area contributed by atoms with Crippen LogP contribution in [0.15, 0.2) is 18.2 Å². The number of aliphatic carboxylic acids is 2. The molecule has 0 saturated heterocycles. The first kappa shape index (κ1) is 21.9. The van der Waals surface area contributed by atoms with Crippen LogP contribution < -0.4 is 10.1 Å². The monoisotopic (exact) mass is 431 g/mol. The number of ether oxygens (including phenoxy) is 1. The first-order valence-corrected chi connectivity index (χ1v) is 11.5. The molecule has 1 aromatic heterocycles. The third kappa shape index (κ3) is 5.67. The van der Waals surface area contributed by atoms with Crippen LogP contribution in [0, 0.1) is 17.8 Å². The van der Waals surface area contributed by atoms with Crippen molar-refractivity contribution in [3.05, 3.63) is 23.9 Å². The van der Waals surface area contributed by atoms with Crippen LogP contribution in [0.3, 0.4) is 0 Å². The van der Waals surface area contributed by atoms with Crippen LogP contribution in [-0.4, -0.2) is 50.6 Å². The van der Waals surface area contributed by atoms with Crippen molar-refractivity contribution in [3.8, 4) is 5.88 Å². The van der Waals surface area contributed by atoms with Crippen molar-refractivity contribution in [1.29, 1.82) is 0 Å². The predicted molar refractivity (Wildman–Crippen MR) is 114 cm³/mol.